The van der Waals surface area contributed by atoms with Crippen LogP contribution in [0.2, 0.25) is 0 Å². The topological polar surface area (TPSA) is 6.48 Å². The van der Waals surface area contributed by atoms with E-state index in [-0.39, 0.29) is 11.0 Å². The highest BCUT2D eigenvalue weighted by molar-refractivity contribution is 5.55. The van der Waals surface area contributed by atoms with Crippen molar-refractivity contribution in [1.82, 2.24) is 0 Å². The quantitative estimate of drug-likeness (QED) is 0.465. The average Bonchev–Trinajstić information content (AvgIpc) is 3.27. The summed E-state index contributed by atoms with van der Waals surface area (Å²) < 4.78 is 0. The van der Waals surface area contributed by atoms with Crippen LogP contribution in [0.3, 0.4) is 0 Å². The van der Waals surface area contributed by atoms with Gasteiger partial charge in [-0.3, -0.25) is 0 Å². The van der Waals surface area contributed by atoms with Gasteiger partial charge in [-0.05, 0) is 38.1 Å². The SMILES string of the molecule is CC.CC.CC1(C)C=CN(c2ccccc2)C1.CC1(C)C=CN(c2ccccc2)C1(C)C. The van der Waals surface area contributed by atoms with Gasteiger partial charge in [0.2, 0.25) is 0 Å². The zero-order valence-electron chi connectivity index (χ0n) is 22.2. The predicted octanol–water partition coefficient (Wildman–Crippen LogP) is 8.92. The van der Waals surface area contributed by atoms with E-state index in [0.717, 1.165) is 6.54 Å². The van der Waals surface area contributed by atoms with Gasteiger partial charge in [-0.1, -0.05) is 104 Å². The van der Waals surface area contributed by atoms with E-state index in [4.69, 9.17) is 0 Å². The van der Waals surface area contributed by atoms with Crippen LogP contribution in [0, 0.1) is 10.8 Å². The fraction of sp³-hybridized carbons (Fsp3) is 0.467. The van der Waals surface area contributed by atoms with Crippen LogP contribution >= 0.6 is 0 Å². The van der Waals surface area contributed by atoms with Gasteiger partial charge in [0.15, 0.2) is 0 Å². The van der Waals surface area contributed by atoms with E-state index < -0.39 is 0 Å². The molecule has 0 aromatic heterocycles. The second-order valence-corrected chi connectivity index (χ2v) is 9.57. The molecule has 0 spiro atoms. The molecule has 0 saturated carbocycles. The van der Waals surface area contributed by atoms with Gasteiger partial charge in [-0.25, -0.2) is 0 Å². The van der Waals surface area contributed by atoms with Crippen LogP contribution in [0.15, 0.2) is 85.2 Å². The largest absolute Gasteiger partial charge is 0.347 e. The monoisotopic (exact) mass is 434 g/mol. The summed E-state index contributed by atoms with van der Waals surface area (Å²) in [6.45, 7) is 22.7. The highest BCUT2D eigenvalue weighted by Crippen LogP contribution is 2.44. The zero-order valence-corrected chi connectivity index (χ0v) is 22.2. The van der Waals surface area contributed by atoms with Crippen LogP contribution in [0.1, 0.15) is 69.2 Å². The number of rotatable bonds is 2. The highest BCUT2D eigenvalue weighted by atomic mass is 15.2. The highest BCUT2D eigenvalue weighted by Gasteiger charge is 2.43. The van der Waals surface area contributed by atoms with E-state index in [1.807, 2.05) is 27.7 Å². The molecule has 0 N–H and O–H groups in total. The minimum absolute atomic E-state index is 0.133. The lowest BCUT2D eigenvalue weighted by atomic mass is 9.76. The van der Waals surface area contributed by atoms with Gasteiger partial charge in [-0.15, -0.1) is 0 Å². The lowest BCUT2D eigenvalue weighted by molar-refractivity contribution is 0.289. The van der Waals surface area contributed by atoms with Crippen LogP contribution in [-0.2, 0) is 0 Å². The molecule has 0 bridgehead atoms. The molecule has 2 aromatic rings. The van der Waals surface area contributed by atoms with E-state index >= 15 is 0 Å². The molecule has 0 radical (unpaired) electrons. The molecule has 4 rings (SSSR count). The molecule has 2 aromatic carbocycles. The molecule has 2 heteroatoms. The molecule has 176 valence electrons. The lowest BCUT2D eigenvalue weighted by Crippen LogP contribution is -2.46. The maximum Gasteiger partial charge on any atom is 0.0475 e. The Balaban J connectivity index is 0.000000279. The normalized spacial score (nSPS) is 18.6. The van der Waals surface area contributed by atoms with Crippen molar-refractivity contribution in [2.45, 2.75) is 74.8 Å². The van der Waals surface area contributed by atoms with Crippen molar-refractivity contribution in [2.24, 2.45) is 10.8 Å². The second kappa shape index (κ2) is 11.9. The Bertz CT molecular complexity index is 830. The molecular weight excluding hydrogens is 388 g/mol. The number of nitrogens with zero attached hydrogens (tertiary/aromatic N) is 2. The van der Waals surface area contributed by atoms with Gasteiger partial charge in [0, 0.05) is 46.7 Å². The molecule has 0 aliphatic carbocycles. The Labute approximate surface area is 198 Å². The Morgan fingerprint density at radius 1 is 0.594 bits per heavy atom. The van der Waals surface area contributed by atoms with Crippen molar-refractivity contribution in [1.29, 1.82) is 0 Å². The smallest absolute Gasteiger partial charge is 0.0475 e. The van der Waals surface area contributed by atoms with Gasteiger partial charge in [0.25, 0.3) is 0 Å². The fourth-order valence-electron chi connectivity index (χ4n) is 3.59. The summed E-state index contributed by atoms with van der Waals surface area (Å²) >= 11 is 0. The summed E-state index contributed by atoms with van der Waals surface area (Å²) in [5.41, 5.74) is 3.21. The molecule has 2 nitrogen and oxygen atoms in total. The molecule has 2 aliphatic rings. The third kappa shape index (κ3) is 6.76. The van der Waals surface area contributed by atoms with E-state index in [1.165, 1.54) is 11.4 Å². The molecule has 2 heterocycles. The van der Waals surface area contributed by atoms with Gasteiger partial charge < -0.3 is 9.80 Å². The first-order chi connectivity index (χ1) is 15.1. The van der Waals surface area contributed by atoms with E-state index in [0.29, 0.717) is 5.41 Å². The maximum absolute atomic E-state index is 2.35. The number of benzene rings is 2. The van der Waals surface area contributed by atoms with E-state index in [1.54, 1.807) is 0 Å². The van der Waals surface area contributed by atoms with E-state index in [2.05, 4.69) is 137 Å². The molecular formula is C30H46N2. The van der Waals surface area contributed by atoms with Gasteiger partial charge >= 0.3 is 0 Å². The maximum atomic E-state index is 2.35. The first-order valence-electron chi connectivity index (χ1n) is 12.2. The summed E-state index contributed by atoms with van der Waals surface area (Å²) in [7, 11) is 0. The Morgan fingerprint density at radius 3 is 1.44 bits per heavy atom. The molecule has 0 saturated heterocycles. The first kappa shape index (κ1) is 27.6. The van der Waals surface area contributed by atoms with Crippen molar-refractivity contribution < 1.29 is 0 Å². The molecule has 32 heavy (non-hydrogen) atoms. The molecule has 0 atom stereocenters. The van der Waals surface area contributed by atoms with Gasteiger partial charge in [0.05, 0.1) is 0 Å². The fourth-order valence-corrected chi connectivity index (χ4v) is 3.59. The summed E-state index contributed by atoms with van der Waals surface area (Å²) in [4.78, 5) is 4.65. The zero-order chi connectivity index (χ0) is 24.4. The molecule has 2 aliphatic heterocycles. The number of hydrogen-bond acceptors (Lipinski definition) is 2. The van der Waals surface area contributed by atoms with E-state index in [9.17, 15) is 0 Å². The first-order valence-corrected chi connectivity index (χ1v) is 12.2. The van der Waals surface area contributed by atoms with Crippen molar-refractivity contribution >= 4 is 11.4 Å². The van der Waals surface area contributed by atoms with Crippen molar-refractivity contribution in [3.8, 4) is 0 Å². The van der Waals surface area contributed by atoms with Crippen LogP contribution in [0.5, 0.6) is 0 Å². The third-order valence-corrected chi connectivity index (χ3v) is 6.23. The molecule has 0 unspecified atom stereocenters. The second-order valence-electron chi connectivity index (χ2n) is 9.57. The Kier molecular flexibility index (Phi) is 10.3. The summed E-state index contributed by atoms with van der Waals surface area (Å²) in [6, 6.07) is 21.0. The average molecular weight is 435 g/mol. The minimum Gasteiger partial charge on any atom is -0.347 e. The summed E-state index contributed by atoms with van der Waals surface area (Å²) in [5.74, 6) is 0. The Hall–Kier alpha value is -2.48. The van der Waals surface area contributed by atoms with Crippen molar-refractivity contribution in [3.63, 3.8) is 0 Å². The van der Waals surface area contributed by atoms with Crippen LogP contribution < -0.4 is 9.80 Å². The number of anilines is 2. The Morgan fingerprint density at radius 2 is 1.06 bits per heavy atom. The summed E-state index contributed by atoms with van der Waals surface area (Å²) in [6.07, 6.45) is 8.94. The number of hydrogen-bond donors (Lipinski definition) is 0. The molecule has 0 amide bonds. The van der Waals surface area contributed by atoms with Crippen LogP contribution in [-0.4, -0.2) is 12.1 Å². The molecule has 0 fully saturated rings. The van der Waals surface area contributed by atoms with Crippen molar-refractivity contribution in [2.75, 3.05) is 16.3 Å². The number of para-hydroxylation sites is 2. The standard InChI is InChI=1S/C14H19N.C12H15N.2C2H6/c1-13(2)10-11-15(14(13,3)4)12-8-6-5-7-9-12;1-12(2)8-9-13(10-12)11-6-4-3-5-7-11;2*1-2/h5-11H,1-4H3;3-9H,10H2,1-2H3;2*1-2H3. The van der Waals surface area contributed by atoms with Gasteiger partial charge in [-0.2, -0.15) is 0 Å². The minimum atomic E-state index is 0.133. The van der Waals surface area contributed by atoms with Crippen LogP contribution in [0.25, 0.3) is 0 Å². The lowest BCUT2D eigenvalue weighted by Gasteiger charge is -2.42. The van der Waals surface area contributed by atoms with Crippen molar-refractivity contribution in [3.05, 3.63) is 85.2 Å². The summed E-state index contributed by atoms with van der Waals surface area (Å²) in [5, 5.41) is 0. The predicted molar refractivity (Wildman–Crippen MR) is 145 cm³/mol. The van der Waals surface area contributed by atoms with Crippen LogP contribution in [0.4, 0.5) is 11.4 Å². The van der Waals surface area contributed by atoms with Gasteiger partial charge in [0.1, 0.15) is 0 Å². The third-order valence-electron chi connectivity index (χ3n) is 6.23.